The summed E-state index contributed by atoms with van der Waals surface area (Å²) in [5, 5.41) is 13.5. The highest BCUT2D eigenvalue weighted by atomic mass is 19.2. The van der Waals surface area contributed by atoms with Crippen LogP contribution >= 0.6 is 0 Å². The molecule has 2 N–H and O–H groups in total. The van der Waals surface area contributed by atoms with Crippen LogP contribution in [0, 0.1) is 21.7 Å². The molecule has 0 aliphatic carbocycles. The molecule has 0 saturated carbocycles. The fourth-order valence-corrected chi connectivity index (χ4v) is 2.39. The highest BCUT2D eigenvalue weighted by Crippen LogP contribution is 2.23. The lowest BCUT2D eigenvalue weighted by atomic mass is 10.1. The topological polar surface area (TPSA) is 101 Å². The second kappa shape index (κ2) is 6.27. The predicted octanol–water partition coefficient (Wildman–Crippen LogP) is 3.24. The number of hydrogen-bond acceptors (Lipinski definition) is 4. The number of amides is 1. The number of nitrogens with one attached hydrogen (secondary N) is 2. The highest BCUT2D eigenvalue weighted by Gasteiger charge is 2.25. The summed E-state index contributed by atoms with van der Waals surface area (Å²) in [6.45, 7) is 1.61. The molecule has 7 nitrogen and oxygen atoms in total. The lowest BCUT2D eigenvalue weighted by Crippen LogP contribution is -2.28. The minimum atomic E-state index is -1.39. The number of rotatable bonds is 4. The van der Waals surface area contributed by atoms with Crippen molar-refractivity contribution in [2.24, 2.45) is 0 Å². The first-order chi connectivity index (χ1) is 11.9. The third-order valence-electron chi connectivity index (χ3n) is 3.65. The Hall–Kier alpha value is -3.36. The summed E-state index contributed by atoms with van der Waals surface area (Å²) in [5.41, 5.74) is 0.0786. The summed E-state index contributed by atoms with van der Waals surface area (Å²) in [6, 6.07) is 7.47. The van der Waals surface area contributed by atoms with E-state index in [2.05, 4.69) is 15.3 Å². The van der Waals surface area contributed by atoms with Crippen LogP contribution in [-0.4, -0.2) is 20.8 Å². The summed E-state index contributed by atoms with van der Waals surface area (Å²) in [5.74, 6) is -3.21. The van der Waals surface area contributed by atoms with Crippen molar-refractivity contribution in [3.05, 3.63) is 69.5 Å². The number of aromatic amines is 1. The molecule has 25 heavy (non-hydrogen) atoms. The number of carbonyl (C=O) groups excluding carboxylic acids is 1. The van der Waals surface area contributed by atoms with Crippen molar-refractivity contribution >= 4 is 22.6 Å². The first kappa shape index (κ1) is 16.5. The van der Waals surface area contributed by atoms with Crippen molar-refractivity contribution in [1.82, 2.24) is 15.3 Å². The average Bonchev–Trinajstić information content (AvgIpc) is 3.00. The van der Waals surface area contributed by atoms with Gasteiger partial charge >= 0.3 is 0 Å². The van der Waals surface area contributed by atoms with Crippen LogP contribution in [0.15, 0.2) is 36.4 Å². The lowest BCUT2D eigenvalue weighted by Gasteiger charge is -2.11. The Labute approximate surface area is 139 Å². The number of carbonyl (C=O) groups is 1. The van der Waals surface area contributed by atoms with E-state index in [1.807, 2.05) is 6.07 Å². The van der Waals surface area contributed by atoms with E-state index in [0.29, 0.717) is 23.5 Å². The van der Waals surface area contributed by atoms with E-state index >= 15 is 0 Å². The smallest absolute Gasteiger partial charge is 0.285 e. The Balaban J connectivity index is 1.89. The number of hydrogen-bond donors (Lipinski definition) is 2. The maximum absolute atomic E-state index is 13.4. The Morgan fingerprint density at radius 2 is 1.96 bits per heavy atom. The number of benzene rings is 2. The van der Waals surface area contributed by atoms with Gasteiger partial charge in [0.05, 0.1) is 28.1 Å². The molecule has 1 aromatic heterocycles. The molecule has 1 atom stereocenters. The maximum atomic E-state index is 13.4. The van der Waals surface area contributed by atoms with Gasteiger partial charge in [-0.15, -0.1) is 0 Å². The number of para-hydroxylation sites is 2. The molecule has 2 aromatic carbocycles. The molecule has 1 heterocycles. The Kier molecular flexibility index (Phi) is 4.14. The minimum Gasteiger partial charge on any atom is -0.342 e. The molecule has 3 rings (SSSR count). The normalized spacial score (nSPS) is 12.1. The monoisotopic (exact) mass is 346 g/mol. The van der Waals surface area contributed by atoms with E-state index in [4.69, 9.17) is 0 Å². The van der Waals surface area contributed by atoms with E-state index in [1.54, 1.807) is 25.1 Å². The Morgan fingerprint density at radius 3 is 2.64 bits per heavy atom. The van der Waals surface area contributed by atoms with Crippen LogP contribution in [-0.2, 0) is 0 Å². The first-order valence-corrected chi connectivity index (χ1v) is 7.25. The molecule has 0 unspecified atom stereocenters. The molecule has 3 aromatic rings. The summed E-state index contributed by atoms with van der Waals surface area (Å²) in [7, 11) is 0. The summed E-state index contributed by atoms with van der Waals surface area (Å²) in [4.78, 5) is 29.7. The van der Waals surface area contributed by atoms with Crippen LogP contribution in [0.5, 0.6) is 0 Å². The van der Waals surface area contributed by atoms with Crippen molar-refractivity contribution < 1.29 is 18.5 Å². The molecule has 9 heteroatoms. The lowest BCUT2D eigenvalue weighted by molar-refractivity contribution is -0.385. The number of aromatic nitrogens is 2. The number of nitro groups is 1. The quantitative estimate of drug-likeness (QED) is 0.559. The van der Waals surface area contributed by atoms with Gasteiger partial charge in [-0.2, -0.15) is 0 Å². The number of nitro benzene ring substituents is 1. The third kappa shape index (κ3) is 3.16. The largest absolute Gasteiger partial charge is 0.342 e. The summed E-state index contributed by atoms with van der Waals surface area (Å²) < 4.78 is 26.6. The first-order valence-electron chi connectivity index (χ1n) is 7.25. The molecule has 128 valence electrons. The standard InChI is InChI=1S/C16H12F2N4O3/c1-8(15-20-12-4-2-3-5-13(12)21-15)19-16(23)9-6-10(17)11(18)7-14(9)22(24)25/h2-8H,1H3,(H,19,23)(H,20,21)/t8-/m0/s1. The molecular weight excluding hydrogens is 334 g/mol. The summed E-state index contributed by atoms with van der Waals surface area (Å²) >= 11 is 0. The van der Waals surface area contributed by atoms with Gasteiger partial charge in [-0.05, 0) is 25.1 Å². The fraction of sp³-hybridized carbons (Fsp3) is 0.125. The van der Waals surface area contributed by atoms with Gasteiger partial charge in [0, 0.05) is 0 Å². The molecule has 0 aliphatic rings. The van der Waals surface area contributed by atoms with Crippen molar-refractivity contribution in [3.8, 4) is 0 Å². The number of imidazole rings is 1. The zero-order valence-electron chi connectivity index (χ0n) is 12.9. The SMILES string of the molecule is C[C@H](NC(=O)c1cc(F)c(F)cc1[N+](=O)[O-])c1nc2ccccc2[nH]1. The zero-order chi connectivity index (χ0) is 18.1. The van der Waals surface area contributed by atoms with Gasteiger partial charge in [0.25, 0.3) is 11.6 Å². The molecule has 1 amide bonds. The van der Waals surface area contributed by atoms with E-state index in [0.717, 1.165) is 5.52 Å². The van der Waals surface area contributed by atoms with Crippen LogP contribution in [0.25, 0.3) is 11.0 Å². The highest BCUT2D eigenvalue weighted by molar-refractivity contribution is 5.98. The van der Waals surface area contributed by atoms with E-state index in [1.165, 1.54) is 0 Å². The van der Waals surface area contributed by atoms with Gasteiger partial charge in [-0.3, -0.25) is 14.9 Å². The van der Waals surface area contributed by atoms with Gasteiger partial charge in [-0.25, -0.2) is 13.8 Å². The molecule has 0 fully saturated rings. The van der Waals surface area contributed by atoms with Gasteiger partial charge in [0.2, 0.25) is 0 Å². The van der Waals surface area contributed by atoms with Gasteiger partial charge in [-0.1, -0.05) is 12.1 Å². The third-order valence-corrected chi connectivity index (χ3v) is 3.65. The number of H-pyrrole nitrogens is 1. The van der Waals surface area contributed by atoms with E-state index < -0.39 is 39.8 Å². The second-order valence-corrected chi connectivity index (χ2v) is 5.37. The molecule has 0 aliphatic heterocycles. The minimum absolute atomic E-state index is 0.385. The average molecular weight is 346 g/mol. The molecule has 0 saturated heterocycles. The van der Waals surface area contributed by atoms with E-state index in [9.17, 15) is 23.7 Å². The predicted molar refractivity (Wildman–Crippen MR) is 85.0 cm³/mol. The Bertz CT molecular complexity index is 954. The van der Waals surface area contributed by atoms with Gasteiger partial charge in [0.15, 0.2) is 11.6 Å². The van der Waals surface area contributed by atoms with Gasteiger partial charge in [0.1, 0.15) is 11.4 Å². The van der Waals surface area contributed by atoms with Crippen molar-refractivity contribution in [2.45, 2.75) is 13.0 Å². The Morgan fingerprint density at radius 1 is 1.28 bits per heavy atom. The van der Waals surface area contributed by atoms with Crippen molar-refractivity contribution in [3.63, 3.8) is 0 Å². The molecular formula is C16H12F2N4O3. The van der Waals surface area contributed by atoms with Crippen LogP contribution in [0.2, 0.25) is 0 Å². The van der Waals surface area contributed by atoms with Crippen molar-refractivity contribution in [2.75, 3.05) is 0 Å². The number of halogens is 2. The van der Waals surface area contributed by atoms with Crippen LogP contribution in [0.1, 0.15) is 29.1 Å². The zero-order valence-corrected chi connectivity index (χ0v) is 12.9. The number of nitrogens with zero attached hydrogens (tertiary/aromatic N) is 2. The fourth-order valence-electron chi connectivity index (χ4n) is 2.39. The molecule has 0 radical (unpaired) electrons. The second-order valence-electron chi connectivity index (χ2n) is 5.37. The van der Waals surface area contributed by atoms with Crippen molar-refractivity contribution in [1.29, 1.82) is 0 Å². The van der Waals surface area contributed by atoms with Gasteiger partial charge < -0.3 is 10.3 Å². The van der Waals surface area contributed by atoms with Crippen LogP contribution in [0.4, 0.5) is 14.5 Å². The van der Waals surface area contributed by atoms with Crippen LogP contribution < -0.4 is 5.32 Å². The molecule has 0 bridgehead atoms. The molecule has 0 spiro atoms. The van der Waals surface area contributed by atoms with Crippen LogP contribution in [0.3, 0.4) is 0 Å². The maximum Gasteiger partial charge on any atom is 0.285 e. The van der Waals surface area contributed by atoms with E-state index in [-0.39, 0.29) is 0 Å². The number of fused-ring (bicyclic) bond motifs is 1. The summed E-state index contributed by atoms with van der Waals surface area (Å²) in [6.07, 6.45) is 0.